The van der Waals surface area contributed by atoms with E-state index in [2.05, 4.69) is 4.98 Å². The minimum Gasteiger partial charge on any atom is -0.543 e. The number of carboxylic acids is 1. The minimum atomic E-state index is -1.43. The summed E-state index contributed by atoms with van der Waals surface area (Å²) < 4.78 is 1.75. The van der Waals surface area contributed by atoms with Crippen molar-refractivity contribution in [2.24, 2.45) is 5.92 Å². The summed E-state index contributed by atoms with van der Waals surface area (Å²) in [5.41, 5.74) is 0.848. The van der Waals surface area contributed by atoms with E-state index in [-0.39, 0.29) is 41.9 Å². The number of thiazole rings is 1. The molecule has 2 aromatic rings. The monoisotopic (exact) mass is 417 g/mol. The van der Waals surface area contributed by atoms with Crippen LogP contribution >= 0.6 is 23.1 Å². The summed E-state index contributed by atoms with van der Waals surface area (Å²) in [6.45, 7) is 1.24. The van der Waals surface area contributed by atoms with Gasteiger partial charge in [-0.3, -0.25) is 9.20 Å². The zero-order chi connectivity index (χ0) is 18.7. The van der Waals surface area contributed by atoms with Crippen LogP contribution in [-0.2, 0) is 16.2 Å². The summed E-state index contributed by atoms with van der Waals surface area (Å²) in [5, 5.41) is 32.2. The summed E-state index contributed by atoms with van der Waals surface area (Å²) in [6, 6.07) is -0.392. The van der Waals surface area contributed by atoms with Crippen LogP contribution in [0, 0.1) is 5.92 Å². The number of aromatic nitrogens is 2. The molecule has 2 aliphatic heterocycles. The van der Waals surface area contributed by atoms with Gasteiger partial charge in [0, 0.05) is 0 Å². The Hall–Kier alpha value is -0.880. The molecule has 2 aromatic heterocycles. The zero-order valence-corrected chi connectivity index (χ0v) is 18.6. The molecule has 2 N–H and O–H groups in total. The van der Waals surface area contributed by atoms with Crippen molar-refractivity contribution in [1.29, 1.82) is 0 Å². The molecule has 1 amide bonds. The molecule has 0 aromatic carbocycles. The molecule has 4 heterocycles. The van der Waals surface area contributed by atoms with Crippen LogP contribution in [0.4, 0.5) is 0 Å². The third-order valence-electron chi connectivity index (χ3n) is 4.98. The average Bonchev–Trinajstić information content (AvgIpc) is 3.22. The van der Waals surface area contributed by atoms with Gasteiger partial charge in [0.15, 0.2) is 0 Å². The molecule has 11 heteroatoms. The molecule has 27 heavy (non-hydrogen) atoms. The number of carbonyl (C=O) groups is 2. The summed E-state index contributed by atoms with van der Waals surface area (Å²) in [4.78, 5) is 31.0. The number of amides is 1. The fraction of sp³-hybridized carbons (Fsp3) is 0.438. The number of carboxylic acid groups (broad SMARTS) is 1. The van der Waals surface area contributed by atoms with Crippen molar-refractivity contribution in [2.45, 2.75) is 37.1 Å². The molecule has 0 aliphatic carbocycles. The second-order valence-electron chi connectivity index (χ2n) is 6.33. The molecule has 0 saturated carbocycles. The number of nitrogens with zero attached hydrogens (tertiary/aromatic N) is 3. The Morgan fingerprint density at radius 3 is 2.81 bits per heavy atom. The smallest absolute Gasteiger partial charge is 0.543 e. The first kappa shape index (κ1) is 20.8. The van der Waals surface area contributed by atoms with Crippen LogP contribution in [0.15, 0.2) is 17.1 Å². The zero-order valence-electron chi connectivity index (χ0n) is 15.0. The van der Waals surface area contributed by atoms with Gasteiger partial charge in [0.25, 0.3) is 0 Å². The Morgan fingerprint density at radius 2 is 2.26 bits per heavy atom. The number of rotatable bonds is 5. The van der Waals surface area contributed by atoms with Gasteiger partial charge < -0.3 is 25.0 Å². The predicted molar refractivity (Wildman–Crippen MR) is 93.1 cm³/mol. The number of fused-ring (bicyclic) bond motifs is 2. The number of hydrogen-bond acceptors (Lipinski definition) is 8. The molecule has 1 saturated heterocycles. The van der Waals surface area contributed by atoms with Crippen LogP contribution in [0.25, 0.3) is 10.4 Å². The van der Waals surface area contributed by atoms with E-state index in [9.17, 15) is 24.9 Å². The number of carbonyl (C=O) groups excluding carboxylic acids is 2. The average molecular weight is 417 g/mol. The van der Waals surface area contributed by atoms with Crippen molar-refractivity contribution in [3.63, 3.8) is 0 Å². The van der Waals surface area contributed by atoms with Crippen LogP contribution < -0.4 is 34.7 Å². The van der Waals surface area contributed by atoms with Crippen molar-refractivity contribution in [1.82, 2.24) is 14.3 Å². The van der Waals surface area contributed by atoms with Gasteiger partial charge in [-0.25, -0.2) is 4.98 Å². The van der Waals surface area contributed by atoms with Gasteiger partial charge in [-0.2, -0.15) is 0 Å². The molecule has 0 radical (unpaired) electrons. The largest absolute Gasteiger partial charge is 1.00 e. The van der Waals surface area contributed by atoms with Gasteiger partial charge in [0.2, 0.25) is 5.91 Å². The van der Waals surface area contributed by atoms with Crippen LogP contribution in [0.3, 0.4) is 0 Å². The Balaban J connectivity index is 0.00000210. The Labute approximate surface area is 185 Å². The Bertz CT molecular complexity index is 967. The van der Waals surface area contributed by atoms with Crippen molar-refractivity contribution in [3.05, 3.63) is 22.6 Å². The molecular formula is C16H16N3NaO5S2. The fourth-order valence-corrected chi connectivity index (χ4v) is 5.83. The van der Waals surface area contributed by atoms with Crippen molar-refractivity contribution in [3.8, 4) is 0 Å². The Morgan fingerprint density at radius 1 is 1.56 bits per heavy atom. The number of aliphatic hydroxyl groups is 2. The molecular weight excluding hydrogens is 401 g/mol. The third kappa shape index (κ3) is 2.89. The molecule has 2 aliphatic rings. The maximum Gasteiger partial charge on any atom is 1.00 e. The first-order chi connectivity index (χ1) is 12.4. The molecule has 0 unspecified atom stereocenters. The standard InChI is InChI=1S/C16H17N3O5S2.Na/c1-6(21)10-8-3-7(11(16(23)24)19(8)14(10)22)12-9(4-20)18-5-17-13(25-2)15(18)26-12;/h5-6,8,10,20-21H,3-4H2,1-2H3,(H,23,24);/q;+1/p-1/t6-,8-,10-;/m1./s1. The van der Waals surface area contributed by atoms with Gasteiger partial charge in [0.1, 0.15) is 16.2 Å². The van der Waals surface area contributed by atoms with E-state index in [0.29, 0.717) is 22.6 Å². The van der Waals surface area contributed by atoms with Gasteiger partial charge in [-0.05, 0) is 25.2 Å². The van der Waals surface area contributed by atoms with Gasteiger partial charge in [-0.1, -0.05) is 0 Å². The SMILES string of the molecule is CSc1ncn2c(CO)c(C3=C(C(=O)[O-])N4C(=O)[C@H]([C@@H](C)O)[C@H]4C3)sc12.[Na+]. The summed E-state index contributed by atoms with van der Waals surface area (Å²) in [6.07, 6.45) is 2.94. The van der Waals surface area contributed by atoms with Crippen LogP contribution in [-0.4, -0.2) is 54.8 Å². The second-order valence-corrected chi connectivity index (χ2v) is 8.12. The van der Waals surface area contributed by atoms with Gasteiger partial charge >= 0.3 is 29.6 Å². The number of aliphatic hydroxyl groups excluding tert-OH is 2. The molecule has 4 rings (SSSR count). The quantitative estimate of drug-likeness (QED) is 0.297. The normalized spacial score (nSPS) is 22.7. The summed E-state index contributed by atoms with van der Waals surface area (Å²) in [7, 11) is 0. The van der Waals surface area contributed by atoms with E-state index >= 15 is 0 Å². The van der Waals surface area contributed by atoms with Crippen LogP contribution in [0.1, 0.15) is 23.9 Å². The van der Waals surface area contributed by atoms with E-state index in [4.69, 9.17) is 0 Å². The van der Waals surface area contributed by atoms with Gasteiger partial charge in [-0.15, -0.1) is 23.1 Å². The number of imidazole rings is 1. The van der Waals surface area contributed by atoms with E-state index < -0.39 is 29.9 Å². The topological polar surface area (TPSA) is 118 Å². The van der Waals surface area contributed by atoms with Crippen LogP contribution in [0.5, 0.6) is 0 Å². The first-order valence-corrected chi connectivity index (χ1v) is 10.0. The van der Waals surface area contributed by atoms with Crippen LogP contribution in [0.2, 0.25) is 0 Å². The number of β-lactam (4-membered cyclic amide) rings is 1. The van der Waals surface area contributed by atoms with E-state index in [1.807, 2.05) is 6.26 Å². The van der Waals surface area contributed by atoms with Gasteiger partial charge in [0.05, 0.1) is 46.9 Å². The summed E-state index contributed by atoms with van der Waals surface area (Å²) in [5.74, 6) is -2.45. The summed E-state index contributed by atoms with van der Waals surface area (Å²) >= 11 is 2.80. The van der Waals surface area contributed by atoms with Crippen molar-refractivity contribution >= 4 is 45.4 Å². The van der Waals surface area contributed by atoms with E-state index in [1.54, 1.807) is 10.7 Å². The first-order valence-electron chi connectivity index (χ1n) is 8.00. The van der Waals surface area contributed by atoms with Crippen molar-refractivity contribution in [2.75, 3.05) is 6.26 Å². The number of aliphatic carboxylic acids is 1. The molecule has 1 fully saturated rings. The maximum atomic E-state index is 12.3. The molecule has 138 valence electrons. The third-order valence-corrected chi connectivity index (χ3v) is 7.07. The fourth-order valence-electron chi connectivity index (χ4n) is 3.86. The molecule has 0 spiro atoms. The Kier molecular flexibility index (Phi) is 5.80. The van der Waals surface area contributed by atoms with E-state index in [1.165, 1.54) is 34.9 Å². The molecule has 8 nitrogen and oxygen atoms in total. The molecule has 0 bridgehead atoms. The van der Waals surface area contributed by atoms with E-state index in [0.717, 1.165) is 9.86 Å². The van der Waals surface area contributed by atoms with Crippen molar-refractivity contribution < 1.29 is 54.5 Å². The maximum absolute atomic E-state index is 12.3. The minimum absolute atomic E-state index is 0. The second kappa shape index (κ2) is 7.51. The molecule has 3 atom stereocenters. The number of hydrogen-bond donors (Lipinski definition) is 2. The predicted octanol–water partition coefficient (Wildman–Crippen LogP) is -3.31. The number of thioether (sulfide) groups is 1.